The summed E-state index contributed by atoms with van der Waals surface area (Å²) in [5.74, 6) is -11.9. The number of ketones is 8. The molecule has 0 aromatic heterocycles. The zero-order valence-corrected chi connectivity index (χ0v) is 28.6. The molecule has 12 atom stereocenters. The van der Waals surface area contributed by atoms with E-state index in [2.05, 4.69) is 0 Å². The topological polar surface area (TPSA) is 317 Å². The average Bonchev–Trinajstić information content (AvgIpc) is 2.97. The molecule has 0 radical (unpaired) electrons. The molecule has 2 rings (SSSR count). The molecule has 0 aromatic carbocycles. The Morgan fingerprint density at radius 2 is 0.688 bits per heavy atom. The van der Waals surface area contributed by atoms with E-state index in [1.807, 2.05) is 0 Å². The summed E-state index contributed by atoms with van der Waals surface area (Å²) in [6, 6.07) is 0. The summed E-state index contributed by atoms with van der Waals surface area (Å²) in [5, 5.41) is 91.2. The summed E-state index contributed by atoms with van der Waals surface area (Å²) >= 11 is 0. The quantitative estimate of drug-likeness (QED) is 0.0831. The van der Waals surface area contributed by atoms with Crippen LogP contribution in [-0.4, -0.2) is 156 Å². The second-order valence-electron chi connectivity index (χ2n) is 11.9. The SMILES string of the molecule is CC(=O)C(O)[C@H]1O[C@@H](SS[C@@H]2O[C@H](C(O)C(C)=O)[C@](O)(C(C)=O)[C@@](O)(C(C)=O)[C@]2(O)C(C)=O)[C@@](O)(C(C)=O)[C@](O)(C(C)=O)[C@@]1(O)C(C)=O. The van der Waals surface area contributed by atoms with Crippen molar-refractivity contribution in [2.24, 2.45) is 0 Å². The maximum atomic E-state index is 13.1. The minimum atomic E-state index is -3.89. The van der Waals surface area contributed by atoms with Crippen LogP contribution in [0, 0.1) is 0 Å². The molecule has 0 aliphatic carbocycles. The maximum absolute atomic E-state index is 13.1. The summed E-state index contributed by atoms with van der Waals surface area (Å²) < 4.78 is 11.0. The number of rotatable bonds is 13. The van der Waals surface area contributed by atoms with E-state index in [9.17, 15) is 79.2 Å². The van der Waals surface area contributed by atoms with Crippen molar-refractivity contribution >= 4 is 67.9 Å². The second-order valence-corrected chi connectivity index (χ2v) is 14.3. The molecule has 48 heavy (non-hydrogen) atoms. The van der Waals surface area contributed by atoms with Crippen molar-refractivity contribution in [1.29, 1.82) is 0 Å². The highest BCUT2D eigenvalue weighted by Gasteiger charge is 2.81. The van der Waals surface area contributed by atoms with Crippen molar-refractivity contribution in [1.82, 2.24) is 0 Å². The lowest BCUT2D eigenvalue weighted by molar-refractivity contribution is -0.312. The van der Waals surface area contributed by atoms with Crippen molar-refractivity contribution in [2.75, 3.05) is 0 Å². The van der Waals surface area contributed by atoms with E-state index in [0.29, 0.717) is 41.5 Å². The minimum Gasteiger partial charge on any atom is -0.382 e. The van der Waals surface area contributed by atoms with Crippen LogP contribution in [-0.2, 0) is 47.8 Å². The fourth-order valence-electron chi connectivity index (χ4n) is 6.14. The fourth-order valence-corrected chi connectivity index (χ4v) is 9.33. The molecule has 2 aliphatic heterocycles. The lowest BCUT2D eigenvalue weighted by Gasteiger charge is -2.59. The number of ether oxygens (including phenoxy) is 2. The van der Waals surface area contributed by atoms with Gasteiger partial charge >= 0.3 is 0 Å². The predicted octanol–water partition coefficient (Wildman–Crippen LogP) is -4.36. The number of aliphatic hydroxyl groups is 8. The molecule has 8 N–H and O–H groups in total. The summed E-state index contributed by atoms with van der Waals surface area (Å²) in [4.78, 5) is 102. The van der Waals surface area contributed by atoms with E-state index in [4.69, 9.17) is 9.47 Å². The molecule has 2 saturated heterocycles. The molecule has 0 aromatic rings. The smallest absolute Gasteiger partial charge is 0.200 e. The molecule has 2 heterocycles. The van der Waals surface area contributed by atoms with Crippen LogP contribution in [0.25, 0.3) is 0 Å². The molecule has 0 saturated carbocycles. The Hall–Kier alpha value is -2.34. The lowest BCUT2D eigenvalue weighted by atomic mass is 9.60. The number of carbonyl (C=O) groups is 8. The first-order valence-corrected chi connectivity index (χ1v) is 16.2. The number of Topliss-reactive ketones (excluding diaryl/α,β-unsaturated/α-hetero) is 8. The number of carbonyl (C=O) groups excluding carboxylic acids is 8. The van der Waals surface area contributed by atoms with Gasteiger partial charge in [-0.3, -0.25) is 38.4 Å². The third kappa shape index (κ3) is 5.28. The zero-order valence-electron chi connectivity index (χ0n) is 26.9. The molecule has 2 fully saturated rings. The molecule has 0 spiro atoms. The second kappa shape index (κ2) is 13.4. The molecule has 2 aliphatic rings. The van der Waals surface area contributed by atoms with Crippen LogP contribution in [0.2, 0.25) is 0 Å². The van der Waals surface area contributed by atoms with Crippen LogP contribution >= 0.6 is 21.6 Å². The van der Waals surface area contributed by atoms with E-state index in [1.165, 1.54) is 0 Å². The van der Waals surface area contributed by atoms with E-state index >= 15 is 0 Å². The van der Waals surface area contributed by atoms with Gasteiger partial charge in [-0.2, -0.15) is 0 Å². The van der Waals surface area contributed by atoms with Gasteiger partial charge < -0.3 is 50.3 Å². The van der Waals surface area contributed by atoms with E-state index in [-0.39, 0.29) is 21.6 Å². The summed E-state index contributed by atoms with van der Waals surface area (Å²) in [7, 11) is -0.118. The van der Waals surface area contributed by atoms with Crippen molar-refractivity contribution in [3.05, 3.63) is 0 Å². The highest BCUT2D eigenvalue weighted by atomic mass is 33.1. The van der Waals surface area contributed by atoms with Crippen LogP contribution in [0.3, 0.4) is 0 Å². The van der Waals surface area contributed by atoms with Gasteiger partial charge in [0.2, 0.25) is 11.2 Å². The average molecular weight is 727 g/mol. The largest absolute Gasteiger partial charge is 0.382 e. The van der Waals surface area contributed by atoms with Gasteiger partial charge in [-0.1, -0.05) is 21.6 Å². The highest BCUT2D eigenvalue weighted by Crippen LogP contribution is 2.57. The Morgan fingerprint density at radius 3 is 0.854 bits per heavy atom. The Labute approximate surface area is 280 Å². The standard InChI is InChI=1S/C28H38O18S2/c1-9(29)17(37)19-23(39,11(3)31)27(43,15(7)35)25(41,13(5)33)21(45-19)47-48-22-26(42,14(6)34)28(44,16(8)36)24(40,12(4)32)20(46-22)18(38)10(2)30/h17-22,37-44H,1-8H3/t17?,18?,19-,20-,21+,22+,23-,24-,25+,26+,27+,28+/m1/s1. The number of hydrogen-bond donors (Lipinski definition) is 8. The van der Waals surface area contributed by atoms with Crippen LogP contribution < -0.4 is 0 Å². The van der Waals surface area contributed by atoms with E-state index in [1.54, 1.807) is 0 Å². The molecule has 2 unspecified atom stereocenters. The summed E-state index contributed by atoms with van der Waals surface area (Å²) in [5.41, 5.74) is -27.5. The van der Waals surface area contributed by atoms with Crippen LogP contribution in [0.5, 0.6) is 0 Å². The summed E-state index contributed by atoms with van der Waals surface area (Å²) in [6.45, 7) is 4.94. The predicted molar refractivity (Wildman–Crippen MR) is 160 cm³/mol. The molecule has 270 valence electrons. The third-order valence-electron chi connectivity index (χ3n) is 9.06. The van der Waals surface area contributed by atoms with Gasteiger partial charge in [0.05, 0.1) is 0 Å². The number of aliphatic hydroxyl groups excluding tert-OH is 2. The van der Waals surface area contributed by atoms with Gasteiger partial charge in [-0.15, -0.1) is 0 Å². The Kier molecular flexibility index (Phi) is 11.7. The summed E-state index contributed by atoms with van der Waals surface area (Å²) in [6.07, 6.45) is -10.2. The zero-order chi connectivity index (χ0) is 37.9. The highest BCUT2D eigenvalue weighted by molar-refractivity contribution is 8.77. The van der Waals surface area contributed by atoms with Gasteiger partial charge in [0.15, 0.2) is 79.5 Å². The van der Waals surface area contributed by atoms with Gasteiger partial charge in [0.1, 0.15) is 24.4 Å². The monoisotopic (exact) mass is 726 g/mol. The first-order chi connectivity index (χ1) is 21.6. The van der Waals surface area contributed by atoms with Crippen LogP contribution in [0.1, 0.15) is 55.4 Å². The fraction of sp³-hybridized carbons (Fsp3) is 0.714. The van der Waals surface area contributed by atoms with Crippen molar-refractivity contribution < 1.29 is 88.7 Å². The first kappa shape index (κ1) is 41.8. The lowest BCUT2D eigenvalue weighted by Crippen LogP contribution is -2.87. The maximum Gasteiger partial charge on any atom is 0.200 e. The molecule has 0 amide bonds. The van der Waals surface area contributed by atoms with Crippen LogP contribution in [0.4, 0.5) is 0 Å². The molecule has 20 heteroatoms. The van der Waals surface area contributed by atoms with Gasteiger partial charge in [-0.05, 0) is 55.4 Å². The Balaban J connectivity index is 2.94. The van der Waals surface area contributed by atoms with Gasteiger partial charge in [-0.25, -0.2) is 0 Å². The molecule has 18 nitrogen and oxygen atoms in total. The first-order valence-electron chi connectivity index (χ1n) is 14.0. The van der Waals surface area contributed by atoms with Crippen molar-refractivity contribution in [3.63, 3.8) is 0 Å². The molecular weight excluding hydrogens is 688 g/mol. The van der Waals surface area contributed by atoms with Gasteiger partial charge in [0, 0.05) is 0 Å². The number of hydrogen-bond acceptors (Lipinski definition) is 20. The van der Waals surface area contributed by atoms with Crippen LogP contribution in [0.15, 0.2) is 0 Å². The molecule has 0 bridgehead atoms. The Bertz CT molecular complexity index is 1340. The minimum absolute atomic E-state index is 0.0591. The Morgan fingerprint density at radius 1 is 0.458 bits per heavy atom. The van der Waals surface area contributed by atoms with E-state index in [0.717, 1.165) is 13.8 Å². The van der Waals surface area contributed by atoms with Crippen molar-refractivity contribution in [2.45, 2.75) is 124 Å². The van der Waals surface area contributed by atoms with Gasteiger partial charge in [0.25, 0.3) is 0 Å². The van der Waals surface area contributed by atoms with Crippen molar-refractivity contribution in [3.8, 4) is 0 Å². The normalized spacial score (nSPS) is 41.1. The van der Waals surface area contributed by atoms with E-state index < -0.39 is 115 Å². The molecular formula is C28H38O18S2. The third-order valence-corrected chi connectivity index (χ3v) is 11.8.